The standard InChI is InChI=1S/C36H51O9P/c1-35(2,3)29-20-27(39-9)22-31(33(29)43-24-41-18-16-37-7)46(45-26-14-12-11-13-15-26)32-23-28(40-10)21-30(36(4,5)6)34(32)44-25-42-19-17-38-8/h11-15,20-23H,16-19,24-25H2,1-10H3. The van der Waals surface area contributed by atoms with Crippen molar-refractivity contribution in [1.29, 1.82) is 0 Å². The molecule has 0 spiro atoms. The molecule has 9 nitrogen and oxygen atoms in total. The van der Waals surface area contributed by atoms with E-state index in [4.69, 9.17) is 42.4 Å². The van der Waals surface area contributed by atoms with Gasteiger partial charge in [-0.3, -0.25) is 0 Å². The van der Waals surface area contributed by atoms with E-state index in [9.17, 15) is 0 Å². The van der Waals surface area contributed by atoms with Gasteiger partial charge in [-0.1, -0.05) is 59.7 Å². The van der Waals surface area contributed by atoms with Gasteiger partial charge in [0.25, 0.3) is 0 Å². The maximum absolute atomic E-state index is 6.96. The van der Waals surface area contributed by atoms with Crippen molar-refractivity contribution in [2.45, 2.75) is 52.4 Å². The first kappa shape index (κ1) is 37.4. The van der Waals surface area contributed by atoms with Gasteiger partial charge in [0, 0.05) is 25.3 Å². The average Bonchev–Trinajstić information content (AvgIpc) is 3.02. The molecule has 0 aliphatic rings. The molecule has 0 aromatic heterocycles. The van der Waals surface area contributed by atoms with Gasteiger partial charge in [-0.2, -0.15) is 0 Å². The first-order chi connectivity index (χ1) is 21.9. The Labute approximate surface area is 276 Å². The number of hydrogen-bond donors (Lipinski definition) is 0. The normalized spacial score (nSPS) is 11.9. The van der Waals surface area contributed by atoms with Crippen LogP contribution in [0.4, 0.5) is 0 Å². The molecule has 0 radical (unpaired) electrons. The molecule has 0 saturated carbocycles. The SMILES string of the molecule is COCCOCOc1c(P(Oc2ccccc2)c2cc(OC)cc(C(C)(C)C)c2OCOCCOC)cc(OC)cc1C(C)(C)C. The molecule has 0 amide bonds. The molecule has 3 aromatic carbocycles. The van der Waals surface area contributed by atoms with Gasteiger partial charge < -0.3 is 42.4 Å². The van der Waals surface area contributed by atoms with Crippen LogP contribution in [0.1, 0.15) is 52.7 Å². The minimum absolute atomic E-state index is 0.0301. The summed E-state index contributed by atoms with van der Waals surface area (Å²) in [6.45, 7) is 14.6. The third-order valence-electron chi connectivity index (χ3n) is 6.99. The molecular weight excluding hydrogens is 607 g/mol. The molecule has 0 aliphatic carbocycles. The molecule has 46 heavy (non-hydrogen) atoms. The maximum atomic E-state index is 6.96. The van der Waals surface area contributed by atoms with Crippen molar-refractivity contribution < 1.29 is 42.4 Å². The van der Waals surface area contributed by atoms with Crippen molar-refractivity contribution >= 4 is 18.8 Å². The number of methoxy groups -OCH3 is 4. The smallest absolute Gasteiger partial charge is 0.189 e. The lowest BCUT2D eigenvalue weighted by Crippen LogP contribution is -2.27. The van der Waals surface area contributed by atoms with Crippen LogP contribution in [-0.4, -0.2) is 68.5 Å². The highest BCUT2D eigenvalue weighted by atomic mass is 31.1. The third kappa shape index (κ3) is 10.5. The second kappa shape index (κ2) is 17.7. The Bertz CT molecular complexity index is 1270. The van der Waals surface area contributed by atoms with E-state index in [0.29, 0.717) is 55.2 Å². The van der Waals surface area contributed by atoms with E-state index in [1.54, 1.807) is 28.4 Å². The van der Waals surface area contributed by atoms with Gasteiger partial charge in [-0.15, -0.1) is 0 Å². The van der Waals surface area contributed by atoms with Crippen molar-refractivity contribution in [3.63, 3.8) is 0 Å². The van der Waals surface area contributed by atoms with Gasteiger partial charge >= 0.3 is 0 Å². The molecule has 0 aliphatic heterocycles. The molecule has 0 fully saturated rings. The number of benzene rings is 3. The Morgan fingerprint density at radius 3 is 1.35 bits per heavy atom. The number of ether oxygens (including phenoxy) is 8. The second-order valence-electron chi connectivity index (χ2n) is 12.6. The van der Waals surface area contributed by atoms with Crippen molar-refractivity contribution in [2.75, 3.05) is 68.5 Å². The van der Waals surface area contributed by atoms with Gasteiger partial charge in [0.05, 0.1) is 51.3 Å². The van der Waals surface area contributed by atoms with Gasteiger partial charge in [0.15, 0.2) is 21.7 Å². The summed E-state index contributed by atoms with van der Waals surface area (Å²) in [6, 6.07) is 17.7. The van der Waals surface area contributed by atoms with Crippen LogP contribution in [-0.2, 0) is 29.8 Å². The van der Waals surface area contributed by atoms with Gasteiger partial charge in [-0.25, -0.2) is 0 Å². The summed E-state index contributed by atoms with van der Waals surface area (Å²) in [5.41, 5.74) is 1.29. The average molecular weight is 659 g/mol. The van der Waals surface area contributed by atoms with Gasteiger partial charge in [0.2, 0.25) is 0 Å². The fourth-order valence-electron chi connectivity index (χ4n) is 4.55. The highest BCUT2D eigenvalue weighted by molar-refractivity contribution is 7.69. The maximum Gasteiger partial charge on any atom is 0.189 e. The zero-order chi connectivity index (χ0) is 33.7. The van der Waals surface area contributed by atoms with E-state index in [1.165, 1.54) is 0 Å². The van der Waals surface area contributed by atoms with E-state index >= 15 is 0 Å². The summed E-state index contributed by atoms with van der Waals surface area (Å²) >= 11 is 0. The van der Waals surface area contributed by atoms with Crippen LogP contribution in [0.25, 0.3) is 0 Å². The highest BCUT2D eigenvalue weighted by Crippen LogP contribution is 2.48. The van der Waals surface area contributed by atoms with Crippen LogP contribution in [0.5, 0.6) is 28.7 Å². The Kier molecular flexibility index (Phi) is 14.4. The quantitative estimate of drug-likeness (QED) is 0.0840. The lowest BCUT2D eigenvalue weighted by atomic mass is 9.86. The first-order valence-electron chi connectivity index (χ1n) is 15.3. The summed E-state index contributed by atoms with van der Waals surface area (Å²) in [5.74, 6) is 3.38. The molecule has 0 unspecified atom stereocenters. The predicted molar refractivity (Wildman–Crippen MR) is 183 cm³/mol. The van der Waals surface area contributed by atoms with Crippen molar-refractivity contribution in [3.8, 4) is 28.7 Å². The predicted octanol–water partition coefficient (Wildman–Crippen LogP) is 6.72. The summed E-state index contributed by atoms with van der Waals surface area (Å²) in [6.07, 6.45) is 0. The van der Waals surface area contributed by atoms with Crippen LogP contribution in [0.2, 0.25) is 0 Å². The molecular formula is C36H51O9P. The van der Waals surface area contributed by atoms with Crippen LogP contribution < -0.4 is 34.1 Å². The Morgan fingerprint density at radius 2 is 0.978 bits per heavy atom. The van der Waals surface area contributed by atoms with E-state index < -0.39 is 8.15 Å². The second-order valence-corrected chi connectivity index (χ2v) is 14.3. The summed E-state index contributed by atoms with van der Waals surface area (Å²) in [7, 11) is 4.94. The number of para-hydroxylation sites is 1. The minimum atomic E-state index is -1.66. The molecule has 10 heteroatoms. The lowest BCUT2D eigenvalue weighted by molar-refractivity contribution is -0.00876. The van der Waals surface area contributed by atoms with E-state index in [1.807, 2.05) is 54.6 Å². The fourth-order valence-corrected chi connectivity index (χ4v) is 6.57. The zero-order valence-corrected chi connectivity index (χ0v) is 30.0. The topological polar surface area (TPSA) is 83.1 Å². The molecule has 0 N–H and O–H groups in total. The van der Waals surface area contributed by atoms with Crippen molar-refractivity contribution in [3.05, 3.63) is 65.7 Å². The molecule has 0 heterocycles. The summed E-state index contributed by atoms with van der Waals surface area (Å²) < 4.78 is 53.6. The third-order valence-corrected chi connectivity index (χ3v) is 8.92. The van der Waals surface area contributed by atoms with Crippen molar-refractivity contribution in [1.82, 2.24) is 0 Å². The van der Waals surface area contributed by atoms with Crippen LogP contribution in [0, 0.1) is 0 Å². The first-order valence-corrected chi connectivity index (χ1v) is 16.6. The lowest BCUT2D eigenvalue weighted by Gasteiger charge is -2.31. The Hall–Kier alpha value is -3.07. The van der Waals surface area contributed by atoms with Crippen LogP contribution in [0.15, 0.2) is 54.6 Å². The van der Waals surface area contributed by atoms with E-state index in [2.05, 4.69) is 41.5 Å². The van der Waals surface area contributed by atoms with Gasteiger partial charge in [-0.05, 0) is 47.2 Å². The molecule has 0 bridgehead atoms. The molecule has 254 valence electrons. The molecule has 0 atom stereocenters. The zero-order valence-electron chi connectivity index (χ0n) is 29.1. The van der Waals surface area contributed by atoms with E-state index in [-0.39, 0.29) is 24.4 Å². The molecule has 3 aromatic rings. The summed E-state index contributed by atoms with van der Waals surface area (Å²) in [4.78, 5) is 0. The number of hydrogen-bond acceptors (Lipinski definition) is 9. The summed E-state index contributed by atoms with van der Waals surface area (Å²) in [5, 5.41) is 1.61. The van der Waals surface area contributed by atoms with Crippen LogP contribution >= 0.6 is 8.15 Å². The Balaban J connectivity index is 2.35. The monoisotopic (exact) mass is 658 g/mol. The van der Waals surface area contributed by atoms with Gasteiger partial charge in [0.1, 0.15) is 28.7 Å². The minimum Gasteiger partial charge on any atom is -0.497 e. The number of rotatable bonds is 18. The van der Waals surface area contributed by atoms with E-state index in [0.717, 1.165) is 21.7 Å². The Morgan fingerprint density at radius 1 is 0.543 bits per heavy atom. The molecule has 0 saturated heterocycles. The highest BCUT2D eigenvalue weighted by Gasteiger charge is 2.34. The fraction of sp³-hybridized carbons (Fsp3) is 0.500. The van der Waals surface area contributed by atoms with Crippen molar-refractivity contribution in [2.24, 2.45) is 0 Å². The largest absolute Gasteiger partial charge is 0.497 e. The molecule has 3 rings (SSSR count). The van der Waals surface area contributed by atoms with Crippen LogP contribution in [0.3, 0.4) is 0 Å².